The van der Waals surface area contributed by atoms with Crippen molar-refractivity contribution >= 4 is 82.3 Å². The highest BCUT2D eigenvalue weighted by atomic mass is 35.5. The van der Waals surface area contributed by atoms with Gasteiger partial charge in [0.1, 0.15) is 45.9 Å². The van der Waals surface area contributed by atoms with Crippen molar-refractivity contribution in [2.45, 2.75) is 9.79 Å². The van der Waals surface area contributed by atoms with Crippen LogP contribution in [-0.4, -0.2) is 47.6 Å². The summed E-state index contributed by atoms with van der Waals surface area (Å²) in [6.45, 7) is 0. The molecule has 0 fully saturated rings. The van der Waals surface area contributed by atoms with Crippen molar-refractivity contribution in [1.29, 1.82) is 0 Å². The van der Waals surface area contributed by atoms with Gasteiger partial charge in [-0.1, -0.05) is 35.3 Å². The van der Waals surface area contributed by atoms with Crippen LogP contribution in [0.15, 0.2) is 83.1 Å². The number of sulfonamides is 1. The van der Waals surface area contributed by atoms with Crippen LogP contribution >= 0.6 is 23.2 Å². The van der Waals surface area contributed by atoms with Crippen molar-refractivity contribution in [3.63, 3.8) is 0 Å². The van der Waals surface area contributed by atoms with Crippen LogP contribution < -0.4 is 10.0 Å². The number of aromatic nitrogens is 5. The Kier molecular flexibility index (Phi) is 7.36. The SMILES string of the molecule is CS(=O)(=O)c1cccc2c1ncn2-c1ccc2ncnc(Nc3c(F)ccc(NS(=O)(=O)c4cccc(Cl)c4Cl)c3F)c2n1. The van der Waals surface area contributed by atoms with Crippen molar-refractivity contribution in [3.05, 3.63) is 95.0 Å². The number of nitrogens with zero attached hydrogens (tertiary/aromatic N) is 5. The number of fused-ring (bicyclic) bond motifs is 2. The second-order valence-corrected chi connectivity index (χ2v) is 13.8. The molecule has 0 saturated carbocycles. The summed E-state index contributed by atoms with van der Waals surface area (Å²) in [5.74, 6) is -2.15. The Hall–Kier alpha value is -4.44. The summed E-state index contributed by atoms with van der Waals surface area (Å²) < 4.78 is 84.6. The Balaban J connectivity index is 1.40. The molecule has 0 amide bonds. The minimum atomic E-state index is -4.43. The summed E-state index contributed by atoms with van der Waals surface area (Å²) in [5.41, 5.74) is -0.212. The number of hydrogen-bond acceptors (Lipinski definition) is 9. The van der Waals surface area contributed by atoms with Crippen molar-refractivity contribution in [2.24, 2.45) is 0 Å². The minimum absolute atomic E-state index is 0.0292. The molecule has 3 heterocycles. The van der Waals surface area contributed by atoms with Crippen LogP contribution in [0.4, 0.5) is 26.0 Å². The van der Waals surface area contributed by atoms with Crippen molar-refractivity contribution in [3.8, 4) is 5.82 Å². The number of benzene rings is 3. The number of rotatable bonds is 7. The summed E-state index contributed by atoms with van der Waals surface area (Å²) in [6, 6.07) is 13.6. The van der Waals surface area contributed by atoms with Gasteiger partial charge in [-0.05, 0) is 48.5 Å². The Morgan fingerprint density at radius 1 is 0.841 bits per heavy atom. The number of halogens is 4. The zero-order chi connectivity index (χ0) is 31.4. The first-order valence-corrected chi connectivity index (χ1v) is 16.5. The van der Waals surface area contributed by atoms with Crippen LogP contribution in [0.25, 0.3) is 27.9 Å². The Morgan fingerprint density at radius 3 is 2.36 bits per heavy atom. The third kappa shape index (κ3) is 5.27. The molecule has 0 aliphatic carbocycles. The second kappa shape index (κ2) is 10.9. The van der Waals surface area contributed by atoms with E-state index in [0.29, 0.717) is 11.0 Å². The molecule has 224 valence electrons. The summed E-state index contributed by atoms with van der Waals surface area (Å²) in [7, 11) is -8.00. The van der Waals surface area contributed by atoms with Crippen LogP contribution in [0.2, 0.25) is 10.0 Å². The fourth-order valence-electron chi connectivity index (χ4n) is 4.41. The van der Waals surface area contributed by atoms with E-state index in [1.54, 1.807) is 24.3 Å². The molecule has 3 aromatic carbocycles. The van der Waals surface area contributed by atoms with Crippen molar-refractivity contribution in [2.75, 3.05) is 16.3 Å². The van der Waals surface area contributed by atoms with E-state index in [-0.39, 0.29) is 37.6 Å². The molecule has 17 heteroatoms. The Morgan fingerprint density at radius 2 is 1.59 bits per heavy atom. The van der Waals surface area contributed by atoms with Gasteiger partial charge in [-0.15, -0.1) is 0 Å². The molecule has 0 aliphatic rings. The van der Waals surface area contributed by atoms with Crippen LogP contribution in [0, 0.1) is 11.6 Å². The van der Waals surface area contributed by atoms with Gasteiger partial charge in [0.15, 0.2) is 21.5 Å². The van der Waals surface area contributed by atoms with Crippen molar-refractivity contribution < 1.29 is 25.6 Å². The normalized spacial score (nSPS) is 12.1. The highest BCUT2D eigenvalue weighted by Crippen LogP contribution is 2.34. The van der Waals surface area contributed by atoms with Crippen LogP contribution in [-0.2, 0) is 19.9 Å². The fourth-order valence-corrected chi connectivity index (χ4v) is 7.06. The molecular formula is C27H17Cl2F2N7O4S2. The third-order valence-electron chi connectivity index (χ3n) is 6.44. The van der Waals surface area contributed by atoms with Crippen molar-refractivity contribution in [1.82, 2.24) is 24.5 Å². The predicted molar refractivity (Wildman–Crippen MR) is 162 cm³/mol. The lowest BCUT2D eigenvalue weighted by molar-refractivity contribution is 0.588. The van der Waals surface area contributed by atoms with E-state index < -0.39 is 47.8 Å². The average molecular weight is 677 g/mol. The Bertz CT molecular complexity index is 2350. The van der Waals surface area contributed by atoms with E-state index in [4.69, 9.17) is 23.2 Å². The molecule has 6 aromatic rings. The molecule has 6 rings (SSSR count). The van der Waals surface area contributed by atoms with E-state index in [0.717, 1.165) is 24.7 Å². The summed E-state index contributed by atoms with van der Waals surface area (Å²) in [6.07, 6.45) is 3.63. The summed E-state index contributed by atoms with van der Waals surface area (Å²) in [4.78, 5) is 16.7. The number of sulfone groups is 1. The molecule has 3 aromatic heterocycles. The van der Waals surface area contributed by atoms with Gasteiger partial charge in [0.2, 0.25) is 0 Å². The van der Waals surface area contributed by atoms with Gasteiger partial charge in [-0.25, -0.2) is 45.6 Å². The Labute approximate surface area is 258 Å². The van der Waals surface area contributed by atoms with Gasteiger partial charge in [0.05, 0.1) is 31.7 Å². The topological polar surface area (TPSA) is 149 Å². The molecule has 0 radical (unpaired) electrons. The van der Waals surface area contributed by atoms with E-state index >= 15 is 4.39 Å². The number of hydrogen-bond donors (Lipinski definition) is 2. The first-order chi connectivity index (χ1) is 20.8. The first-order valence-electron chi connectivity index (χ1n) is 12.4. The van der Waals surface area contributed by atoms with Gasteiger partial charge in [-0.2, -0.15) is 0 Å². The molecule has 0 aliphatic heterocycles. The summed E-state index contributed by atoms with van der Waals surface area (Å²) in [5, 5.41) is 2.26. The highest BCUT2D eigenvalue weighted by molar-refractivity contribution is 7.92. The largest absolute Gasteiger partial charge is 0.333 e. The lowest BCUT2D eigenvalue weighted by Crippen LogP contribution is -2.15. The zero-order valence-corrected chi connectivity index (χ0v) is 25.3. The smallest absolute Gasteiger partial charge is 0.263 e. The monoisotopic (exact) mass is 675 g/mol. The number of nitrogens with one attached hydrogen (secondary N) is 2. The van der Waals surface area contributed by atoms with E-state index in [2.05, 4.69) is 30.0 Å². The standard InChI is InChI=1S/C27H17Cl2F2N7O4S2/c1-43(39,40)20-7-3-5-18-26(20)34-13-38(18)21-11-10-17-25(35-21)27(33-12-32-17)36-24-15(30)8-9-16(23(24)31)37-44(41,42)19-6-2-4-14(28)22(19)29/h2-13,37H,1H3,(H,32,33,36). The van der Waals surface area contributed by atoms with Crippen LogP contribution in [0.3, 0.4) is 0 Å². The second-order valence-electron chi connectivity index (χ2n) is 9.34. The van der Waals surface area contributed by atoms with E-state index in [1.807, 2.05) is 0 Å². The molecule has 44 heavy (non-hydrogen) atoms. The molecule has 0 saturated heterocycles. The van der Waals surface area contributed by atoms with Gasteiger partial charge < -0.3 is 5.32 Å². The molecular weight excluding hydrogens is 659 g/mol. The van der Waals surface area contributed by atoms with E-state index in [1.165, 1.54) is 35.2 Å². The maximum atomic E-state index is 15.6. The zero-order valence-electron chi connectivity index (χ0n) is 22.1. The number of anilines is 3. The quantitative estimate of drug-likeness (QED) is 0.211. The lowest BCUT2D eigenvalue weighted by Gasteiger charge is -2.15. The summed E-state index contributed by atoms with van der Waals surface area (Å²) >= 11 is 12.0. The molecule has 0 spiro atoms. The van der Waals surface area contributed by atoms with Gasteiger partial charge in [0, 0.05) is 6.26 Å². The number of pyridine rings is 1. The van der Waals surface area contributed by atoms with Gasteiger partial charge in [-0.3, -0.25) is 9.29 Å². The average Bonchev–Trinajstić information content (AvgIpc) is 3.41. The minimum Gasteiger partial charge on any atom is -0.333 e. The predicted octanol–water partition coefficient (Wildman–Crippen LogP) is 5.90. The fraction of sp³-hybridized carbons (Fsp3) is 0.0370. The van der Waals surface area contributed by atoms with E-state index in [9.17, 15) is 21.2 Å². The molecule has 0 bridgehead atoms. The van der Waals surface area contributed by atoms with Crippen LogP contribution in [0.5, 0.6) is 0 Å². The van der Waals surface area contributed by atoms with Crippen LogP contribution in [0.1, 0.15) is 0 Å². The molecule has 0 atom stereocenters. The number of para-hydroxylation sites is 1. The lowest BCUT2D eigenvalue weighted by atomic mass is 10.2. The maximum Gasteiger partial charge on any atom is 0.263 e. The molecule has 0 unspecified atom stereocenters. The first kappa shape index (κ1) is 29.6. The van der Waals surface area contributed by atoms with Gasteiger partial charge in [0.25, 0.3) is 10.0 Å². The molecule has 11 nitrogen and oxygen atoms in total. The third-order valence-corrected chi connectivity index (χ3v) is 9.90. The molecule has 2 N–H and O–H groups in total. The van der Waals surface area contributed by atoms with Gasteiger partial charge >= 0.3 is 0 Å². The maximum absolute atomic E-state index is 15.6. The number of imidazole rings is 1. The highest BCUT2D eigenvalue weighted by Gasteiger charge is 2.24.